The van der Waals surface area contributed by atoms with Gasteiger partial charge in [0.2, 0.25) is 11.8 Å². The Morgan fingerprint density at radius 3 is 2.75 bits per heavy atom. The van der Waals surface area contributed by atoms with E-state index in [-0.39, 0.29) is 0 Å². The van der Waals surface area contributed by atoms with Crippen LogP contribution in [-0.2, 0) is 13.0 Å². The fraction of sp³-hybridized carbons (Fsp3) is 0.217. The molecule has 0 spiro atoms. The Labute approximate surface area is 164 Å². The lowest BCUT2D eigenvalue weighted by Crippen LogP contribution is -2.17. The summed E-state index contributed by atoms with van der Waals surface area (Å²) in [5.41, 5.74) is 4.49. The Kier molecular flexibility index (Phi) is 4.20. The number of anilines is 1. The third-order valence-corrected chi connectivity index (χ3v) is 5.16. The molecule has 0 bridgehead atoms. The molecule has 0 amide bonds. The molecule has 0 saturated carbocycles. The second kappa shape index (κ2) is 7.00. The summed E-state index contributed by atoms with van der Waals surface area (Å²) in [7, 11) is 0. The summed E-state index contributed by atoms with van der Waals surface area (Å²) < 4.78 is 8.00. The Hall–Kier alpha value is -3.34. The SMILES string of the molecule is Cc1cc2ccccc2n1-c1nc(NCc2ccccc2)c2c(n1)OCCC2. The molecule has 1 aliphatic rings. The van der Waals surface area contributed by atoms with Crippen LogP contribution < -0.4 is 10.1 Å². The Bertz CT molecular complexity index is 1130. The van der Waals surface area contributed by atoms with Gasteiger partial charge >= 0.3 is 0 Å². The van der Waals surface area contributed by atoms with Crippen molar-refractivity contribution < 1.29 is 4.74 Å². The van der Waals surface area contributed by atoms with Crippen molar-refractivity contribution >= 4 is 16.7 Å². The fourth-order valence-electron chi connectivity index (χ4n) is 3.80. The van der Waals surface area contributed by atoms with E-state index in [1.165, 1.54) is 10.9 Å². The van der Waals surface area contributed by atoms with E-state index in [9.17, 15) is 0 Å². The number of aromatic nitrogens is 3. The first-order valence-corrected chi connectivity index (χ1v) is 9.68. The topological polar surface area (TPSA) is 52.0 Å². The smallest absolute Gasteiger partial charge is 0.239 e. The second-order valence-electron chi connectivity index (χ2n) is 7.13. The highest BCUT2D eigenvalue weighted by atomic mass is 16.5. The van der Waals surface area contributed by atoms with E-state index in [2.05, 4.69) is 65.3 Å². The number of benzene rings is 2. The molecule has 1 N–H and O–H groups in total. The molecule has 1 aliphatic heterocycles. The van der Waals surface area contributed by atoms with E-state index in [1.807, 2.05) is 12.1 Å². The Balaban J connectivity index is 1.60. The van der Waals surface area contributed by atoms with Crippen LogP contribution in [0.4, 0.5) is 5.82 Å². The molecule has 5 nitrogen and oxygen atoms in total. The zero-order chi connectivity index (χ0) is 18.9. The zero-order valence-electron chi connectivity index (χ0n) is 15.9. The summed E-state index contributed by atoms with van der Waals surface area (Å²) in [4.78, 5) is 9.69. The zero-order valence-corrected chi connectivity index (χ0v) is 15.9. The van der Waals surface area contributed by atoms with Gasteiger partial charge in [-0.2, -0.15) is 9.97 Å². The molecule has 5 heteroatoms. The van der Waals surface area contributed by atoms with Crippen LogP contribution in [0.1, 0.15) is 23.2 Å². The van der Waals surface area contributed by atoms with Crippen LogP contribution in [0.2, 0.25) is 0 Å². The van der Waals surface area contributed by atoms with Crippen molar-refractivity contribution in [1.29, 1.82) is 0 Å². The summed E-state index contributed by atoms with van der Waals surface area (Å²) in [6.45, 7) is 3.50. The number of nitrogens with zero attached hydrogens (tertiary/aromatic N) is 3. The minimum absolute atomic E-state index is 0.648. The Morgan fingerprint density at radius 1 is 1.04 bits per heavy atom. The highest BCUT2D eigenvalue weighted by molar-refractivity contribution is 5.82. The van der Waals surface area contributed by atoms with Gasteiger partial charge in [-0.3, -0.25) is 4.57 Å². The average Bonchev–Trinajstić information content (AvgIpc) is 3.08. The van der Waals surface area contributed by atoms with Crippen molar-refractivity contribution in [2.75, 3.05) is 11.9 Å². The van der Waals surface area contributed by atoms with Crippen LogP contribution >= 0.6 is 0 Å². The van der Waals surface area contributed by atoms with Crippen molar-refractivity contribution in [3.63, 3.8) is 0 Å². The highest BCUT2D eigenvalue weighted by Gasteiger charge is 2.21. The van der Waals surface area contributed by atoms with E-state index in [4.69, 9.17) is 14.7 Å². The van der Waals surface area contributed by atoms with Crippen LogP contribution in [0, 0.1) is 6.92 Å². The van der Waals surface area contributed by atoms with Gasteiger partial charge in [0.1, 0.15) is 5.82 Å². The summed E-state index contributed by atoms with van der Waals surface area (Å²) >= 11 is 0. The van der Waals surface area contributed by atoms with Crippen molar-refractivity contribution in [2.45, 2.75) is 26.3 Å². The Morgan fingerprint density at radius 2 is 1.86 bits per heavy atom. The second-order valence-corrected chi connectivity index (χ2v) is 7.13. The van der Waals surface area contributed by atoms with Crippen molar-refractivity contribution in [3.05, 3.63) is 77.5 Å². The number of hydrogen-bond donors (Lipinski definition) is 1. The largest absolute Gasteiger partial charge is 0.477 e. The minimum Gasteiger partial charge on any atom is -0.477 e. The van der Waals surface area contributed by atoms with Crippen LogP contribution in [0.25, 0.3) is 16.9 Å². The van der Waals surface area contributed by atoms with Crippen molar-refractivity contribution in [2.24, 2.45) is 0 Å². The number of fused-ring (bicyclic) bond motifs is 2. The standard InChI is InChI=1S/C23H22N4O/c1-16-14-18-10-5-6-12-20(18)27(16)23-25-21(19-11-7-13-28-22(19)26-23)24-15-17-8-3-2-4-9-17/h2-6,8-10,12,14H,7,11,13,15H2,1H3,(H,24,25,26). The molecule has 140 valence electrons. The van der Waals surface area contributed by atoms with Gasteiger partial charge in [-0.25, -0.2) is 0 Å². The molecular formula is C23H22N4O. The summed E-state index contributed by atoms with van der Waals surface area (Å²) in [5.74, 6) is 2.21. The van der Waals surface area contributed by atoms with Gasteiger partial charge in [0, 0.05) is 17.6 Å². The van der Waals surface area contributed by atoms with Crippen LogP contribution in [-0.4, -0.2) is 21.1 Å². The van der Waals surface area contributed by atoms with Gasteiger partial charge in [-0.1, -0.05) is 48.5 Å². The molecule has 4 aromatic rings. The minimum atomic E-state index is 0.648. The summed E-state index contributed by atoms with van der Waals surface area (Å²) in [6.07, 6.45) is 1.92. The molecule has 0 atom stereocenters. The fourth-order valence-corrected chi connectivity index (χ4v) is 3.80. The van der Waals surface area contributed by atoms with E-state index in [1.54, 1.807) is 0 Å². The monoisotopic (exact) mass is 370 g/mol. The number of para-hydroxylation sites is 1. The van der Waals surface area contributed by atoms with Crippen molar-refractivity contribution in [3.8, 4) is 11.8 Å². The van der Waals surface area contributed by atoms with Gasteiger partial charge in [-0.15, -0.1) is 0 Å². The van der Waals surface area contributed by atoms with Gasteiger partial charge in [0.05, 0.1) is 17.7 Å². The predicted octanol–water partition coefficient (Wildman–Crippen LogP) is 4.67. The lowest BCUT2D eigenvalue weighted by atomic mass is 10.1. The lowest BCUT2D eigenvalue weighted by molar-refractivity contribution is 0.275. The van der Waals surface area contributed by atoms with E-state index < -0.39 is 0 Å². The van der Waals surface area contributed by atoms with Gasteiger partial charge in [0.15, 0.2) is 0 Å². The quantitative estimate of drug-likeness (QED) is 0.567. The molecular weight excluding hydrogens is 348 g/mol. The highest BCUT2D eigenvalue weighted by Crippen LogP contribution is 2.31. The number of ether oxygens (including phenoxy) is 1. The molecule has 3 heterocycles. The summed E-state index contributed by atoms with van der Waals surface area (Å²) in [5, 5.41) is 4.70. The lowest BCUT2D eigenvalue weighted by Gasteiger charge is -2.21. The first-order valence-electron chi connectivity index (χ1n) is 9.68. The van der Waals surface area contributed by atoms with Crippen molar-refractivity contribution in [1.82, 2.24) is 14.5 Å². The molecule has 0 aliphatic carbocycles. The molecule has 0 radical (unpaired) electrons. The predicted molar refractivity (Wildman–Crippen MR) is 111 cm³/mol. The maximum atomic E-state index is 5.90. The van der Waals surface area contributed by atoms with E-state index >= 15 is 0 Å². The molecule has 28 heavy (non-hydrogen) atoms. The molecule has 2 aromatic carbocycles. The van der Waals surface area contributed by atoms with Crippen LogP contribution in [0.5, 0.6) is 5.88 Å². The molecule has 5 rings (SSSR count). The van der Waals surface area contributed by atoms with E-state index in [0.717, 1.165) is 42.0 Å². The molecule has 0 fully saturated rings. The van der Waals surface area contributed by atoms with E-state index in [0.29, 0.717) is 18.4 Å². The number of hydrogen-bond acceptors (Lipinski definition) is 4. The first kappa shape index (κ1) is 16.8. The van der Waals surface area contributed by atoms with Crippen LogP contribution in [0.3, 0.4) is 0 Å². The maximum absolute atomic E-state index is 5.90. The molecule has 2 aromatic heterocycles. The summed E-state index contributed by atoms with van der Waals surface area (Å²) in [6, 6.07) is 20.8. The van der Waals surface area contributed by atoms with Gasteiger partial charge < -0.3 is 10.1 Å². The number of nitrogens with one attached hydrogen (secondary N) is 1. The van der Waals surface area contributed by atoms with Gasteiger partial charge in [-0.05, 0) is 37.5 Å². The molecule has 0 saturated heterocycles. The normalized spacial score (nSPS) is 13.2. The van der Waals surface area contributed by atoms with Gasteiger partial charge in [0.25, 0.3) is 0 Å². The first-order chi connectivity index (χ1) is 13.8. The maximum Gasteiger partial charge on any atom is 0.239 e. The van der Waals surface area contributed by atoms with Crippen LogP contribution in [0.15, 0.2) is 60.7 Å². The third-order valence-electron chi connectivity index (χ3n) is 5.16. The average molecular weight is 370 g/mol. The number of rotatable bonds is 4. The number of aryl methyl sites for hydroxylation is 1. The third kappa shape index (κ3) is 2.99. The molecule has 0 unspecified atom stereocenters.